The molecular weight excluding hydrogens is 420 g/mol. The lowest BCUT2D eigenvalue weighted by Gasteiger charge is -2.17. The quantitative estimate of drug-likeness (QED) is 0.164. The molecule has 0 aliphatic carbocycles. The van der Waals surface area contributed by atoms with Gasteiger partial charge in [0.15, 0.2) is 0 Å². The monoisotopic (exact) mass is 501 g/mol. The predicted molar refractivity (Wildman–Crippen MR) is 172 cm³/mol. The highest BCUT2D eigenvalue weighted by molar-refractivity contribution is 4.62. The second-order valence-corrected chi connectivity index (χ2v) is 11.7. The molecule has 4 unspecified atom stereocenters. The van der Waals surface area contributed by atoms with Crippen LogP contribution in [0.3, 0.4) is 0 Å². The van der Waals surface area contributed by atoms with Gasteiger partial charge in [-0.1, -0.05) is 194 Å². The van der Waals surface area contributed by atoms with E-state index in [1.165, 1.54) is 89.9 Å². The zero-order valence-electron chi connectivity index (χ0n) is 27.4. The molecule has 0 N–H and O–H groups in total. The van der Waals surface area contributed by atoms with E-state index in [1.54, 1.807) is 0 Å². The molecule has 0 saturated carbocycles. The fraction of sp³-hybridized carbons (Fsp3) is 1.00. The highest BCUT2D eigenvalue weighted by atomic mass is 14.2. The summed E-state index contributed by atoms with van der Waals surface area (Å²) in [6, 6.07) is 0. The minimum absolute atomic E-state index is 0. The van der Waals surface area contributed by atoms with Crippen LogP contribution in [0.5, 0.6) is 0 Å². The lowest BCUT2D eigenvalue weighted by molar-refractivity contribution is 0.349. The van der Waals surface area contributed by atoms with Crippen LogP contribution in [-0.4, -0.2) is 0 Å². The van der Waals surface area contributed by atoms with E-state index in [0.29, 0.717) is 0 Å². The Kier molecular flexibility index (Phi) is 46.4. The summed E-state index contributed by atoms with van der Waals surface area (Å²) in [5, 5.41) is 0. The Morgan fingerprint density at radius 1 is 0.400 bits per heavy atom. The first-order chi connectivity index (χ1) is 16.1. The van der Waals surface area contributed by atoms with E-state index in [2.05, 4.69) is 69.2 Å². The summed E-state index contributed by atoms with van der Waals surface area (Å²) in [6.45, 7) is 31.5. The first-order valence-corrected chi connectivity index (χ1v) is 16.1. The molecule has 0 heterocycles. The maximum Gasteiger partial charge on any atom is -0.0420 e. The molecular formula is C35H80. The lowest BCUT2D eigenvalue weighted by Crippen LogP contribution is -2.05. The Hall–Kier alpha value is 0. The van der Waals surface area contributed by atoms with Crippen LogP contribution in [0.2, 0.25) is 0 Å². The molecule has 0 bridgehead atoms. The van der Waals surface area contributed by atoms with Crippen LogP contribution in [0.15, 0.2) is 0 Å². The first kappa shape index (κ1) is 45.0. The zero-order valence-corrected chi connectivity index (χ0v) is 27.4. The molecule has 0 aliphatic heterocycles. The van der Waals surface area contributed by atoms with Crippen molar-refractivity contribution in [3.05, 3.63) is 0 Å². The predicted octanol–water partition coefficient (Wildman–Crippen LogP) is 14.0. The maximum absolute atomic E-state index is 2.49. The number of hydrogen-bond acceptors (Lipinski definition) is 0. The minimum Gasteiger partial charge on any atom is -0.0776 e. The average Bonchev–Trinajstić information content (AvgIpc) is 2.79. The lowest BCUT2D eigenvalue weighted by atomic mass is 9.89. The van der Waals surface area contributed by atoms with Crippen molar-refractivity contribution in [2.75, 3.05) is 0 Å². The minimum atomic E-state index is 0. The van der Waals surface area contributed by atoms with Crippen molar-refractivity contribution in [1.82, 2.24) is 0 Å². The third-order valence-electron chi connectivity index (χ3n) is 7.01. The van der Waals surface area contributed by atoms with E-state index >= 15 is 0 Å². The molecule has 4 atom stereocenters. The van der Waals surface area contributed by atoms with Crippen LogP contribution < -0.4 is 0 Å². The summed E-state index contributed by atoms with van der Waals surface area (Å²) in [7, 11) is 0. The summed E-state index contributed by atoms with van der Waals surface area (Å²) in [5.74, 6) is 5.45. The van der Waals surface area contributed by atoms with Gasteiger partial charge in [-0.05, 0) is 35.5 Å². The molecule has 35 heavy (non-hydrogen) atoms. The van der Waals surface area contributed by atoms with Crippen molar-refractivity contribution in [3.63, 3.8) is 0 Å². The van der Waals surface area contributed by atoms with E-state index in [0.717, 1.165) is 35.5 Å². The van der Waals surface area contributed by atoms with Gasteiger partial charge in [0, 0.05) is 0 Å². The van der Waals surface area contributed by atoms with Crippen LogP contribution in [0.4, 0.5) is 0 Å². The fourth-order valence-electron chi connectivity index (χ4n) is 4.23. The number of hydrogen-bond donors (Lipinski definition) is 0. The molecule has 0 amide bonds. The Balaban J connectivity index is -0.000000337. The largest absolute Gasteiger partial charge is 0.0776 e. The summed E-state index contributed by atoms with van der Waals surface area (Å²) in [5.41, 5.74) is 0. The standard InChI is InChI=1S/C27H56.C3H8.2C2H6.CH4/c1-22(2)14-11-17-26(7)19-12-18-24(5)15-9-10-16-25(6)20-13-21-27(8)23(3)4;1-3-2;2*1-2;/h22-27H,9-21H2,1-8H3;3H2,1-2H3;2*1-2H3;1H4. The van der Waals surface area contributed by atoms with Gasteiger partial charge in [-0.2, -0.15) is 0 Å². The maximum atomic E-state index is 2.49. The molecule has 0 radical (unpaired) electrons. The van der Waals surface area contributed by atoms with Gasteiger partial charge < -0.3 is 0 Å². The number of rotatable bonds is 18. The summed E-state index contributed by atoms with van der Waals surface area (Å²) >= 11 is 0. The second kappa shape index (κ2) is 36.2. The molecule has 0 heteroatoms. The third-order valence-corrected chi connectivity index (χ3v) is 7.01. The average molecular weight is 501 g/mol. The van der Waals surface area contributed by atoms with Crippen LogP contribution in [-0.2, 0) is 0 Å². The van der Waals surface area contributed by atoms with Crippen LogP contribution in [0.25, 0.3) is 0 Å². The fourth-order valence-corrected chi connectivity index (χ4v) is 4.23. The van der Waals surface area contributed by atoms with E-state index in [-0.39, 0.29) is 7.43 Å². The molecule has 0 rings (SSSR count). The van der Waals surface area contributed by atoms with E-state index in [4.69, 9.17) is 0 Å². The molecule has 220 valence electrons. The smallest absolute Gasteiger partial charge is 0.0420 e. The van der Waals surface area contributed by atoms with Gasteiger partial charge >= 0.3 is 0 Å². The molecule has 0 saturated heterocycles. The molecule has 0 aromatic heterocycles. The van der Waals surface area contributed by atoms with Crippen molar-refractivity contribution in [2.24, 2.45) is 35.5 Å². The van der Waals surface area contributed by atoms with Crippen molar-refractivity contribution >= 4 is 0 Å². The van der Waals surface area contributed by atoms with Crippen LogP contribution >= 0.6 is 0 Å². The Morgan fingerprint density at radius 2 is 0.657 bits per heavy atom. The molecule has 0 spiro atoms. The van der Waals surface area contributed by atoms with E-state index < -0.39 is 0 Å². The van der Waals surface area contributed by atoms with Gasteiger partial charge in [0.2, 0.25) is 0 Å². The Morgan fingerprint density at radius 3 is 0.943 bits per heavy atom. The SMILES string of the molecule is C.CC.CC.CC(C)CCCC(C)CCCC(C)CCCCC(C)CCCC(C)C(C)C.CCC. The molecule has 0 aromatic rings. The van der Waals surface area contributed by atoms with Gasteiger partial charge in [0.1, 0.15) is 0 Å². The van der Waals surface area contributed by atoms with Crippen molar-refractivity contribution < 1.29 is 0 Å². The second-order valence-electron chi connectivity index (χ2n) is 11.7. The van der Waals surface area contributed by atoms with Crippen LogP contribution in [0, 0.1) is 35.5 Å². The van der Waals surface area contributed by atoms with Gasteiger partial charge in [-0.3, -0.25) is 0 Å². The summed E-state index contributed by atoms with van der Waals surface area (Å²) in [4.78, 5) is 0. The van der Waals surface area contributed by atoms with E-state index in [9.17, 15) is 0 Å². The number of unbranched alkanes of at least 4 members (excludes halogenated alkanes) is 1. The van der Waals surface area contributed by atoms with Gasteiger partial charge in [0.25, 0.3) is 0 Å². The van der Waals surface area contributed by atoms with Crippen molar-refractivity contribution in [1.29, 1.82) is 0 Å². The molecule has 0 aromatic carbocycles. The molecule has 0 nitrogen and oxygen atoms in total. The normalized spacial score (nSPS) is 13.7. The van der Waals surface area contributed by atoms with Gasteiger partial charge in [0.05, 0.1) is 0 Å². The highest BCUT2D eigenvalue weighted by Crippen LogP contribution is 2.24. The van der Waals surface area contributed by atoms with Gasteiger partial charge in [-0.15, -0.1) is 0 Å². The Bertz CT molecular complexity index is 316. The van der Waals surface area contributed by atoms with Crippen molar-refractivity contribution in [2.45, 2.75) is 194 Å². The van der Waals surface area contributed by atoms with Crippen LogP contribution in [0.1, 0.15) is 194 Å². The van der Waals surface area contributed by atoms with E-state index in [1.807, 2.05) is 27.7 Å². The van der Waals surface area contributed by atoms with Crippen molar-refractivity contribution in [3.8, 4) is 0 Å². The first-order valence-electron chi connectivity index (χ1n) is 16.1. The summed E-state index contributed by atoms with van der Waals surface area (Å²) in [6.07, 6.45) is 20.0. The molecule has 0 aliphatic rings. The Labute approximate surface area is 229 Å². The summed E-state index contributed by atoms with van der Waals surface area (Å²) < 4.78 is 0. The third kappa shape index (κ3) is 41.4. The topological polar surface area (TPSA) is 0 Å². The highest BCUT2D eigenvalue weighted by Gasteiger charge is 2.09. The molecule has 0 fully saturated rings. The zero-order chi connectivity index (χ0) is 27.4. The van der Waals surface area contributed by atoms with Gasteiger partial charge in [-0.25, -0.2) is 0 Å².